The second-order valence-corrected chi connectivity index (χ2v) is 6.11. The number of nitro benzene ring substituents is 1. The van der Waals surface area contributed by atoms with E-state index >= 15 is 0 Å². The Morgan fingerprint density at radius 2 is 1.92 bits per heavy atom. The quantitative estimate of drug-likeness (QED) is 0.438. The minimum absolute atomic E-state index is 0.158. The van der Waals surface area contributed by atoms with E-state index in [1.54, 1.807) is 7.05 Å². The standard InChI is InChI=1S/C18H17ClN2O5/c1-12-5-3-4-6-13(12)10-20(2)17(22)11-26-18(23)15-9-14(19)7-8-16(15)21(24)25/h3-9H,10-11H2,1-2H3. The number of ether oxygens (including phenoxy) is 1. The fourth-order valence-corrected chi connectivity index (χ4v) is 2.45. The molecule has 0 aliphatic rings. The number of hydrogen-bond donors (Lipinski definition) is 0. The van der Waals surface area contributed by atoms with Gasteiger partial charge in [0.1, 0.15) is 5.56 Å². The van der Waals surface area contributed by atoms with Gasteiger partial charge in [0.05, 0.1) is 4.92 Å². The van der Waals surface area contributed by atoms with Crippen LogP contribution in [0.25, 0.3) is 0 Å². The number of aryl methyl sites for hydroxylation is 1. The summed E-state index contributed by atoms with van der Waals surface area (Å²) in [7, 11) is 1.59. The lowest BCUT2D eigenvalue weighted by molar-refractivity contribution is -0.385. The van der Waals surface area contributed by atoms with Crippen LogP contribution in [0.4, 0.5) is 5.69 Å². The number of esters is 1. The topological polar surface area (TPSA) is 89.8 Å². The van der Waals surface area contributed by atoms with Crippen LogP contribution in [-0.2, 0) is 16.1 Å². The highest BCUT2D eigenvalue weighted by atomic mass is 35.5. The van der Waals surface area contributed by atoms with Crippen molar-refractivity contribution in [3.63, 3.8) is 0 Å². The average Bonchev–Trinajstić information content (AvgIpc) is 2.60. The first-order valence-corrected chi connectivity index (χ1v) is 8.07. The van der Waals surface area contributed by atoms with E-state index in [1.165, 1.54) is 11.0 Å². The van der Waals surface area contributed by atoms with E-state index in [1.807, 2.05) is 31.2 Å². The smallest absolute Gasteiger partial charge is 0.345 e. The van der Waals surface area contributed by atoms with E-state index in [9.17, 15) is 19.7 Å². The molecule has 0 saturated heterocycles. The van der Waals surface area contributed by atoms with Gasteiger partial charge in [-0.1, -0.05) is 35.9 Å². The third-order valence-electron chi connectivity index (χ3n) is 3.80. The number of halogens is 1. The van der Waals surface area contributed by atoms with Gasteiger partial charge < -0.3 is 9.64 Å². The van der Waals surface area contributed by atoms with E-state index in [0.29, 0.717) is 6.54 Å². The highest BCUT2D eigenvalue weighted by Gasteiger charge is 2.23. The summed E-state index contributed by atoms with van der Waals surface area (Å²) < 4.78 is 4.93. The van der Waals surface area contributed by atoms with Crippen molar-refractivity contribution in [3.8, 4) is 0 Å². The molecule has 0 fully saturated rings. The molecule has 0 bridgehead atoms. The van der Waals surface area contributed by atoms with Crippen LogP contribution in [-0.4, -0.2) is 35.4 Å². The number of nitro groups is 1. The van der Waals surface area contributed by atoms with Crippen LogP contribution < -0.4 is 0 Å². The van der Waals surface area contributed by atoms with Crippen LogP contribution in [0.3, 0.4) is 0 Å². The number of rotatable bonds is 6. The van der Waals surface area contributed by atoms with Crippen molar-refractivity contribution in [2.45, 2.75) is 13.5 Å². The molecule has 0 aromatic heterocycles. The summed E-state index contributed by atoms with van der Waals surface area (Å²) in [5, 5.41) is 11.2. The zero-order chi connectivity index (χ0) is 19.3. The molecule has 1 amide bonds. The Balaban J connectivity index is 2.01. The van der Waals surface area contributed by atoms with Crippen molar-refractivity contribution >= 4 is 29.2 Å². The Kier molecular flexibility index (Phi) is 6.30. The summed E-state index contributed by atoms with van der Waals surface area (Å²) in [5.41, 5.74) is 1.29. The molecule has 8 heteroatoms. The first-order chi connectivity index (χ1) is 12.3. The Labute approximate surface area is 155 Å². The normalized spacial score (nSPS) is 10.3. The lowest BCUT2D eigenvalue weighted by atomic mass is 10.1. The van der Waals surface area contributed by atoms with Crippen LogP contribution in [0.15, 0.2) is 42.5 Å². The summed E-state index contributed by atoms with van der Waals surface area (Å²) in [4.78, 5) is 36.0. The van der Waals surface area contributed by atoms with Gasteiger partial charge in [0.15, 0.2) is 6.61 Å². The van der Waals surface area contributed by atoms with Gasteiger partial charge >= 0.3 is 5.97 Å². The van der Waals surface area contributed by atoms with Crippen molar-refractivity contribution in [1.29, 1.82) is 0 Å². The van der Waals surface area contributed by atoms with Crippen LogP contribution in [0.1, 0.15) is 21.5 Å². The summed E-state index contributed by atoms with van der Waals surface area (Å²) in [6.07, 6.45) is 0. The van der Waals surface area contributed by atoms with Crippen molar-refractivity contribution in [3.05, 3.63) is 74.3 Å². The molecule has 0 N–H and O–H groups in total. The first kappa shape index (κ1) is 19.4. The molecular formula is C18H17ClN2O5. The first-order valence-electron chi connectivity index (χ1n) is 7.69. The maximum atomic E-state index is 12.2. The van der Waals surface area contributed by atoms with Crippen molar-refractivity contribution in [2.24, 2.45) is 0 Å². The summed E-state index contributed by atoms with van der Waals surface area (Å²) in [5.74, 6) is -1.40. The second kappa shape index (κ2) is 8.44. The number of carbonyl (C=O) groups excluding carboxylic acids is 2. The van der Waals surface area contributed by atoms with Gasteiger partial charge in [-0.2, -0.15) is 0 Å². The largest absolute Gasteiger partial charge is 0.452 e. The molecule has 0 aliphatic carbocycles. The minimum atomic E-state index is -0.975. The van der Waals surface area contributed by atoms with E-state index in [2.05, 4.69) is 0 Å². The lowest BCUT2D eigenvalue weighted by Crippen LogP contribution is -2.31. The van der Waals surface area contributed by atoms with Gasteiger partial charge in [-0.05, 0) is 30.2 Å². The maximum absolute atomic E-state index is 12.2. The van der Waals surface area contributed by atoms with Crippen LogP contribution in [0.5, 0.6) is 0 Å². The number of carbonyl (C=O) groups is 2. The molecule has 26 heavy (non-hydrogen) atoms. The monoisotopic (exact) mass is 376 g/mol. The van der Waals surface area contributed by atoms with Gasteiger partial charge in [-0.25, -0.2) is 4.79 Å². The average molecular weight is 377 g/mol. The number of likely N-dealkylation sites (N-methyl/N-ethyl adjacent to an activating group) is 1. The molecule has 2 aromatic rings. The van der Waals surface area contributed by atoms with Gasteiger partial charge in [-0.15, -0.1) is 0 Å². The number of amides is 1. The Morgan fingerprint density at radius 3 is 2.58 bits per heavy atom. The molecule has 2 rings (SSSR count). The van der Waals surface area contributed by atoms with Gasteiger partial charge in [0.25, 0.3) is 11.6 Å². The van der Waals surface area contributed by atoms with Crippen molar-refractivity contribution in [2.75, 3.05) is 13.7 Å². The summed E-state index contributed by atoms with van der Waals surface area (Å²) >= 11 is 5.78. The predicted octanol–water partition coefficient (Wildman–Crippen LogP) is 3.37. The number of benzene rings is 2. The molecule has 0 radical (unpaired) electrons. The molecule has 2 aromatic carbocycles. The summed E-state index contributed by atoms with van der Waals surface area (Å²) in [6.45, 7) is 1.78. The number of nitrogens with zero attached hydrogens (tertiary/aromatic N) is 2. The maximum Gasteiger partial charge on any atom is 0.345 e. The fourth-order valence-electron chi connectivity index (χ4n) is 2.28. The molecule has 0 atom stereocenters. The summed E-state index contributed by atoms with van der Waals surface area (Å²) in [6, 6.07) is 11.2. The van der Waals surface area contributed by atoms with Gasteiger partial charge in [-0.3, -0.25) is 14.9 Å². The molecule has 0 spiro atoms. The predicted molar refractivity (Wildman–Crippen MR) is 96.0 cm³/mol. The fraction of sp³-hybridized carbons (Fsp3) is 0.222. The van der Waals surface area contributed by atoms with E-state index in [0.717, 1.165) is 23.3 Å². The highest BCUT2D eigenvalue weighted by molar-refractivity contribution is 6.31. The Bertz CT molecular complexity index is 853. The van der Waals surface area contributed by atoms with Crippen molar-refractivity contribution < 1.29 is 19.2 Å². The van der Waals surface area contributed by atoms with Gasteiger partial charge in [0, 0.05) is 24.7 Å². The van der Waals surface area contributed by atoms with E-state index < -0.39 is 29.1 Å². The third kappa shape index (κ3) is 4.80. The van der Waals surface area contributed by atoms with Gasteiger partial charge in [0.2, 0.25) is 0 Å². The SMILES string of the molecule is Cc1ccccc1CN(C)C(=O)COC(=O)c1cc(Cl)ccc1[N+](=O)[O-]. The van der Waals surface area contributed by atoms with E-state index in [-0.39, 0.29) is 10.6 Å². The van der Waals surface area contributed by atoms with Crippen molar-refractivity contribution in [1.82, 2.24) is 4.90 Å². The lowest BCUT2D eigenvalue weighted by Gasteiger charge is -2.18. The minimum Gasteiger partial charge on any atom is -0.452 e. The second-order valence-electron chi connectivity index (χ2n) is 5.67. The Hall–Kier alpha value is -2.93. The molecule has 0 heterocycles. The third-order valence-corrected chi connectivity index (χ3v) is 4.03. The number of hydrogen-bond acceptors (Lipinski definition) is 5. The molecule has 7 nitrogen and oxygen atoms in total. The van der Waals surface area contributed by atoms with Crippen LogP contribution in [0, 0.1) is 17.0 Å². The van der Waals surface area contributed by atoms with E-state index in [4.69, 9.17) is 16.3 Å². The molecular weight excluding hydrogens is 360 g/mol. The zero-order valence-corrected chi connectivity index (χ0v) is 15.0. The molecule has 0 unspecified atom stereocenters. The highest BCUT2D eigenvalue weighted by Crippen LogP contribution is 2.23. The van der Waals surface area contributed by atoms with Crippen LogP contribution >= 0.6 is 11.6 Å². The molecule has 0 saturated carbocycles. The zero-order valence-electron chi connectivity index (χ0n) is 14.3. The van der Waals surface area contributed by atoms with Crippen LogP contribution in [0.2, 0.25) is 5.02 Å². The Morgan fingerprint density at radius 1 is 1.23 bits per heavy atom. The molecule has 0 aliphatic heterocycles. The molecule has 136 valence electrons.